The van der Waals surface area contributed by atoms with Crippen LogP contribution in [0.15, 0.2) is 170 Å². The Hall–Kier alpha value is -6.95. The van der Waals surface area contributed by atoms with E-state index in [0.717, 1.165) is 34.2 Å². The van der Waals surface area contributed by atoms with Gasteiger partial charge >= 0.3 is 0 Å². The quantitative estimate of drug-likeness (QED) is 0.164. The maximum absolute atomic E-state index is 7.27. The van der Waals surface area contributed by atoms with Crippen molar-refractivity contribution in [1.29, 1.82) is 0 Å². The second-order valence-corrected chi connectivity index (χ2v) is 23.6. The maximum Gasteiger partial charge on any atom is 0.256 e. The summed E-state index contributed by atoms with van der Waals surface area (Å²) in [4.78, 5) is 7.52. The standard InChI is InChI=1S/C62H55B2N3OS/c1-60(2,3)38-24-30-41(31-25-38)65-48-18-12-11-17-45(48)63-47-36-46-52(37-54(47)68-53-22-15-21-51(65)58(53)63)66(42-32-26-39(27-33-42)61(4,5)6)49-19-14-20-50-57(49)64(46)56-44-16-10-13-23-55(44)69-59(56)67(50)43-34-28-40(29-35-43)62(7,8)9/h10-37H,1-9H3. The summed E-state index contributed by atoms with van der Waals surface area (Å²) in [5.41, 5.74) is 21.2. The summed E-state index contributed by atoms with van der Waals surface area (Å²) in [7, 11) is 0. The molecular weight excluding hydrogens is 856 g/mol. The van der Waals surface area contributed by atoms with E-state index in [1.54, 1.807) is 0 Å². The van der Waals surface area contributed by atoms with Gasteiger partial charge in [0.05, 0.1) is 5.00 Å². The molecule has 0 saturated heterocycles. The Labute approximate surface area is 412 Å². The van der Waals surface area contributed by atoms with E-state index in [1.807, 2.05) is 11.3 Å². The molecule has 0 saturated carbocycles. The summed E-state index contributed by atoms with van der Waals surface area (Å²) < 4.78 is 8.57. The Morgan fingerprint density at radius 1 is 0.377 bits per heavy atom. The van der Waals surface area contributed by atoms with Crippen molar-refractivity contribution >= 4 is 118 Å². The number of ether oxygens (including phenoxy) is 1. The first kappa shape index (κ1) is 42.2. The fraction of sp³-hybridized carbons (Fsp3) is 0.194. The highest BCUT2D eigenvalue weighted by Gasteiger charge is 2.48. The van der Waals surface area contributed by atoms with Crippen LogP contribution in [0.25, 0.3) is 10.1 Å². The van der Waals surface area contributed by atoms with Crippen molar-refractivity contribution in [2.45, 2.75) is 78.6 Å². The van der Waals surface area contributed by atoms with E-state index in [9.17, 15) is 0 Å². The number of rotatable bonds is 3. The topological polar surface area (TPSA) is 19.0 Å². The lowest BCUT2D eigenvalue weighted by molar-refractivity contribution is 0.488. The molecule has 0 fully saturated rings. The van der Waals surface area contributed by atoms with Crippen LogP contribution < -0.4 is 52.2 Å². The van der Waals surface area contributed by atoms with Gasteiger partial charge in [0.25, 0.3) is 13.4 Å². The van der Waals surface area contributed by atoms with E-state index in [0.29, 0.717) is 0 Å². The Balaban J connectivity index is 1.07. The molecule has 0 spiro atoms. The van der Waals surface area contributed by atoms with Crippen LogP contribution in [0.4, 0.5) is 50.5 Å². The molecule has 1 aromatic heterocycles. The van der Waals surface area contributed by atoms with Crippen LogP contribution in [0.1, 0.15) is 79.0 Å². The number of benzene rings is 8. The molecule has 9 aromatic rings. The van der Waals surface area contributed by atoms with Crippen LogP contribution in [-0.2, 0) is 16.2 Å². The van der Waals surface area contributed by atoms with Crippen LogP contribution in [0, 0.1) is 0 Å². The molecule has 69 heavy (non-hydrogen) atoms. The van der Waals surface area contributed by atoms with Gasteiger partial charge in [0.15, 0.2) is 0 Å². The zero-order chi connectivity index (χ0) is 47.3. The largest absolute Gasteiger partial charge is 0.458 e. The van der Waals surface area contributed by atoms with Gasteiger partial charge in [0.1, 0.15) is 11.5 Å². The average Bonchev–Trinajstić information content (AvgIpc) is 3.72. The van der Waals surface area contributed by atoms with E-state index in [4.69, 9.17) is 4.74 Å². The molecule has 8 aromatic carbocycles. The zero-order valence-electron chi connectivity index (χ0n) is 41.0. The second kappa shape index (κ2) is 14.8. The second-order valence-electron chi connectivity index (χ2n) is 22.6. The van der Waals surface area contributed by atoms with Crippen molar-refractivity contribution in [2.24, 2.45) is 0 Å². The van der Waals surface area contributed by atoms with Gasteiger partial charge in [-0.15, -0.1) is 11.3 Å². The molecule has 7 heteroatoms. The number of anilines is 9. The predicted octanol–water partition coefficient (Wildman–Crippen LogP) is 13.3. The van der Waals surface area contributed by atoms with Gasteiger partial charge in [-0.1, -0.05) is 153 Å². The summed E-state index contributed by atoms with van der Waals surface area (Å²) in [5, 5.41) is 2.59. The lowest BCUT2D eigenvalue weighted by atomic mass is 9.30. The van der Waals surface area contributed by atoms with Crippen LogP contribution in [0.3, 0.4) is 0 Å². The predicted molar refractivity (Wildman–Crippen MR) is 298 cm³/mol. The number of para-hydroxylation sites is 1. The molecule has 0 N–H and O–H groups in total. The fourth-order valence-corrected chi connectivity index (χ4v) is 12.9. The number of fused-ring (bicyclic) bond motifs is 10. The normalized spacial score (nSPS) is 14.4. The third kappa shape index (κ3) is 6.35. The number of hydrogen-bond acceptors (Lipinski definition) is 5. The van der Waals surface area contributed by atoms with Crippen molar-refractivity contribution in [3.05, 3.63) is 187 Å². The van der Waals surface area contributed by atoms with Crippen LogP contribution in [0.5, 0.6) is 11.5 Å². The maximum atomic E-state index is 7.27. The summed E-state index contributed by atoms with van der Waals surface area (Å²) >= 11 is 1.91. The third-order valence-corrected chi connectivity index (χ3v) is 16.4. The highest BCUT2D eigenvalue weighted by molar-refractivity contribution is 7.26. The van der Waals surface area contributed by atoms with Crippen LogP contribution in [-0.4, -0.2) is 13.4 Å². The molecule has 4 aliphatic rings. The van der Waals surface area contributed by atoms with Gasteiger partial charge in [-0.3, -0.25) is 0 Å². The summed E-state index contributed by atoms with van der Waals surface area (Å²) in [6, 6.07) is 64.3. The van der Waals surface area contributed by atoms with Gasteiger partial charge in [-0.2, -0.15) is 0 Å². The van der Waals surface area contributed by atoms with Crippen molar-refractivity contribution in [2.75, 3.05) is 14.7 Å². The molecular formula is C62H55B2N3OS. The molecule has 0 bridgehead atoms. The van der Waals surface area contributed by atoms with Gasteiger partial charge in [-0.05, 0) is 144 Å². The molecule has 0 unspecified atom stereocenters. The number of thiophene rings is 1. The Kier molecular flexibility index (Phi) is 9.03. The summed E-state index contributed by atoms with van der Waals surface area (Å²) in [6.45, 7) is 20.5. The third-order valence-electron chi connectivity index (χ3n) is 15.2. The first-order valence-electron chi connectivity index (χ1n) is 24.6. The minimum atomic E-state index is -0.0391. The lowest BCUT2D eigenvalue weighted by Gasteiger charge is -2.44. The van der Waals surface area contributed by atoms with Crippen molar-refractivity contribution in [1.82, 2.24) is 0 Å². The van der Waals surface area contributed by atoms with Gasteiger partial charge < -0.3 is 19.4 Å². The summed E-state index contributed by atoms with van der Waals surface area (Å²) in [6.07, 6.45) is 0. The SMILES string of the molecule is CC(C)(C)c1ccc(N2c3ccccc3B3c4cc5c(cc4Oc4cccc2c43)N(c2ccc(C(C)(C)C)cc2)c2cccc3c2B5c2c(sc4ccccc24)N3c2ccc(C(C)(C)C)cc2)cc1. The Morgan fingerprint density at radius 2 is 0.870 bits per heavy atom. The first-order valence-corrected chi connectivity index (χ1v) is 25.4. The summed E-state index contributed by atoms with van der Waals surface area (Å²) in [5.74, 6) is 1.82. The van der Waals surface area contributed by atoms with E-state index in [-0.39, 0.29) is 29.7 Å². The van der Waals surface area contributed by atoms with Gasteiger partial charge in [0.2, 0.25) is 0 Å². The van der Waals surface area contributed by atoms with Gasteiger partial charge in [0, 0.05) is 56.3 Å². The smallest absolute Gasteiger partial charge is 0.256 e. The monoisotopic (exact) mass is 911 g/mol. The molecule has 0 atom stereocenters. The number of hydrogen-bond donors (Lipinski definition) is 0. The van der Waals surface area contributed by atoms with Gasteiger partial charge in [-0.25, -0.2) is 0 Å². The number of nitrogens with zero attached hydrogens (tertiary/aromatic N) is 3. The molecule has 13 rings (SSSR count). The highest BCUT2D eigenvalue weighted by Crippen LogP contribution is 2.49. The fourth-order valence-electron chi connectivity index (χ4n) is 11.7. The lowest BCUT2D eigenvalue weighted by Crippen LogP contribution is -2.64. The van der Waals surface area contributed by atoms with Crippen LogP contribution >= 0.6 is 11.3 Å². The molecule has 0 radical (unpaired) electrons. The Bertz CT molecular complexity index is 3560. The van der Waals surface area contributed by atoms with Crippen LogP contribution in [0.2, 0.25) is 0 Å². The first-order chi connectivity index (χ1) is 33.1. The molecule has 0 aliphatic carbocycles. The minimum absolute atomic E-state index is 0.0235. The van der Waals surface area contributed by atoms with E-state index >= 15 is 0 Å². The molecule has 4 aliphatic heterocycles. The van der Waals surface area contributed by atoms with Crippen molar-refractivity contribution in [3.8, 4) is 11.5 Å². The van der Waals surface area contributed by atoms with Crippen molar-refractivity contribution in [3.63, 3.8) is 0 Å². The molecule has 0 amide bonds. The zero-order valence-corrected chi connectivity index (χ0v) is 41.8. The molecule has 4 nitrogen and oxygen atoms in total. The Morgan fingerprint density at radius 3 is 1.48 bits per heavy atom. The molecule has 336 valence electrons. The van der Waals surface area contributed by atoms with Crippen molar-refractivity contribution < 1.29 is 4.74 Å². The average molecular weight is 912 g/mol. The van der Waals surface area contributed by atoms with E-state index in [2.05, 4.69) is 247 Å². The highest BCUT2D eigenvalue weighted by atomic mass is 32.1. The molecule has 5 heterocycles. The van der Waals surface area contributed by atoms with E-state index < -0.39 is 0 Å². The minimum Gasteiger partial charge on any atom is -0.458 e. The van der Waals surface area contributed by atoms with E-state index in [1.165, 1.54) is 87.3 Å².